The summed E-state index contributed by atoms with van der Waals surface area (Å²) < 4.78 is 17.6. The van der Waals surface area contributed by atoms with Crippen molar-refractivity contribution in [3.8, 4) is 0 Å². The van der Waals surface area contributed by atoms with E-state index in [0.29, 0.717) is 39.6 Å². The molecule has 0 saturated heterocycles. The molecule has 1 rings (SSSR count). The minimum absolute atomic E-state index is 0.182. The third kappa shape index (κ3) is 8.44. The average molecular weight is 300 g/mol. The molecule has 1 N–H and O–H groups in total. The van der Waals surface area contributed by atoms with E-state index in [1.807, 2.05) is 0 Å². The molecular formula is C14H24N2O5. The number of unbranched alkanes of at least 4 members (excludes halogenated alkanes) is 1. The highest BCUT2D eigenvalue weighted by molar-refractivity contribution is 5.86. The molecule has 0 atom stereocenters. The van der Waals surface area contributed by atoms with Crippen molar-refractivity contribution < 1.29 is 24.1 Å². The number of carboxylic acid groups (broad SMARTS) is 1. The van der Waals surface area contributed by atoms with Crippen molar-refractivity contribution in [2.24, 2.45) is 0 Å². The van der Waals surface area contributed by atoms with E-state index in [0.717, 1.165) is 19.4 Å². The van der Waals surface area contributed by atoms with Gasteiger partial charge < -0.3 is 19.3 Å². The van der Waals surface area contributed by atoms with Crippen LogP contribution in [0.15, 0.2) is 12.4 Å². The molecule has 0 bridgehead atoms. The van der Waals surface area contributed by atoms with Crippen LogP contribution >= 0.6 is 0 Å². The van der Waals surface area contributed by atoms with Gasteiger partial charge in [-0.15, -0.1) is 0 Å². The molecule has 120 valence electrons. The Labute approximate surface area is 124 Å². The van der Waals surface area contributed by atoms with Crippen molar-refractivity contribution in [2.75, 3.05) is 39.6 Å². The summed E-state index contributed by atoms with van der Waals surface area (Å²) >= 11 is 0. The Morgan fingerprint density at radius 3 is 2.33 bits per heavy atom. The molecule has 7 heteroatoms. The predicted octanol–water partition coefficient (Wildman–Crippen LogP) is 1.43. The maximum Gasteiger partial charge on any atom is 0.338 e. The van der Waals surface area contributed by atoms with E-state index >= 15 is 0 Å². The van der Waals surface area contributed by atoms with Gasteiger partial charge in [-0.25, -0.2) is 4.79 Å². The quantitative estimate of drug-likeness (QED) is 0.555. The van der Waals surface area contributed by atoms with E-state index in [2.05, 4.69) is 12.0 Å². The number of carbonyl (C=O) groups is 1. The first-order chi connectivity index (χ1) is 10.2. The number of aromatic carboxylic acids is 1. The first kappa shape index (κ1) is 17.6. The van der Waals surface area contributed by atoms with Crippen LogP contribution in [-0.2, 0) is 20.8 Å². The summed E-state index contributed by atoms with van der Waals surface area (Å²) in [5.41, 5.74) is 0.182. The third-order valence-electron chi connectivity index (χ3n) is 2.73. The smallest absolute Gasteiger partial charge is 0.338 e. The van der Waals surface area contributed by atoms with Crippen molar-refractivity contribution in [1.29, 1.82) is 0 Å². The van der Waals surface area contributed by atoms with Crippen molar-refractivity contribution in [3.05, 3.63) is 18.0 Å². The lowest BCUT2D eigenvalue weighted by molar-refractivity contribution is 0.0123. The lowest BCUT2D eigenvalue weighted by atomic mass is 10.4. The zero-order chi connectivity index (χ0) is 15.3. The van der Waals surface area contributed by atoms with E-state index in [4.69, 9.17) is 19.3 Å². The van der Waals surface area contributed by atoms with Gasteiger partial charge in [0.2, 0.25) is 0 Å². The van der Waals surface area contributed by atoms with Crippen LogP contribution in [0.2, 0.25) is 0 Å². The monoisotopic (exact) mass is 300 g/mol. The van der Waals surface area contributed by atoms with Gasteiger partial charge in [0, 0.05) is 12.8 Å². The van der Waals surface area contributed by atoms with Crippen LogP contribution in [0.25, 0.3) is 0 Å². The molecule has 0 saturated carbocycles. The Morgan fingerprint density at radius 2 is 1.76 bits per heavy atom. The highest BCUT2D eigenvalue weighted by Gasteiger charge is 2.05. The van der Waals surface area contributed by atoms with Crippen molar-refractivity contribution in [2.45, 2.75) is 26.3 Å². The zero-order valence-corrected chi connectivity index (χ0v) is 12.5. The Bertz CT molecular complexity index is 394. The second-order valence-electron chi connectivity index (χ2n) is 4.49. The SMILES string of the molecule is CCCCOCCOCCOCCn1cc(C(=O)O)cn1. The van der Waals surface area contributed by atoms with Crippen LogP contribution in [0, 0.1) is 0 Å². The molecule has 7 nitrogen and oxygen atoms in total. The second kappa shape index (κ2) is 11.2. The van der Waals surface area contributed by atoms with Gasteiger partial charge in [0.1, 0.15) is 0 Å². The number of hydrogen-bond acceptors (Lipinski definition) is 5. The van der Waals surface area contributed by atoms with Crippen molar-refractivity contribution in [1.82, 2.24) is 9.78 Å². The average Bonchev–Trinajstić information content (AvgIpc) is 2.94. The van der Waals surface area contributed by atoms with E-state index in [9.17, 15) is 4.79 Å². The second-order valence-corrected chi connectivity index (χ2v) is 4.49. The molecule has 0 aliphatic carbocycles. The molecule has 21 heavy (non-hydrogen) atoms. The molecule has 0 spiro atoms. The molecule has 0 fully saturated rings. The minimum Gasteiger partial charge on any atom is -0.478 e. The molecule has 0 aromatic carbocycles. The summed E-state index contributed by atoms with van der Waals surface area (Å²) in [7, 11) is 0. The number of hydrogen-bond donors (Lipinski definition) is 1. The van der Waals surface area contributed by atoms with Gasteiger partial charge in [0.15, 0.2) is 0 Å². The topological polar surface area (TPSA) is 82.8 Å². The number of carboxylic acids is 1. The molecule has 0 unspecified atom stereocenters. The highest BCUT2D eigenvalue weighted by Crippen LogP contribution is 1.97. The fourth-order valence-electron chi connectivity index (χ4n) is 1.54. The van der Waals surface area contributed by atoms with Crippen LogP contribution in [0.4, 0.5) is 0 Å². The third-order valence-corrected chi connectivity index (χ3v) is 2.73. The van der Waals surface area contributed by atoms with E-state index in [1.165, 1.54) is 12.4 Å². The van der Waals surface area contributed by atoms with Gasteiger partial charge in [0.05, 0.1) is 51.3 Å². The summed E-state index contributed by atoms with van der Waals surface area (Å²) in [5.74, 6) is -0.975. The van der Waals surface area contributed by atoms with Crippen LogP contribution in [0.3, 0.4) is 0 Å². The first-order valence-corrected chi connectivity index (χ1v) is 7.23. The molecule has 0 aliphatic rings. The molecular weight excluding hydrogens is 276 g/mol. The number of aromatic nitrogens is 2. The molecule has 0 radical (unpaired) electrons. The summed E-state index contributed by atoms with van der Waals surface area (Å²) in [5, 5.41) is 12.7. The van der Waals surface area contributed by atoms with Gasteiger partial charge in [-0.3, -0.25) is 4.68 Å². The highest BCUT2D eigenvalue weighted by atomic mass is 16.5. The van der Waals surface area contributed by atoms with Gasteiger partial charge in [-0.05, 0) is 6.42 Å². The standard InChI is InChI=1S/C14H24N2O5/c1-2-3-5-19-7-9-21-10-8-20-6-4-16-12-13(11-15-16)14(17)18/h11-12H,2-10H2,1H3,(H,17,18). The molecule has 1 heterocycles. The summed E-state index contributed by atoms with van der Waals surface area (Å²) in [4.78, 5) is 10.7. The van der Waals surface area contributed by atoms with Crippen molar-refractivity contribution in [3.63, 3.8) is 0 Å². The molecule has 1 aromatic heterocycles. The van der Waals surface area contributed by atoms with E-state index < -0.39 is 5.97 Å². The fourth-order valence-corrected chi connectivity index (χ4v) is 1.54. The summed E-state index contributed by atoms with van der Waals surface area (Å²) in [6.07, 6.45) is 5.03. The normalized spacial score (nSPS) is 10.9. The number of nitrogens with zero attached hydrogens (tertiary/aromatic N) is 2. The Kier molecular flexibility index (Phi) is 9.43. The lowest BCUT2D eigenvalue weighted by Crippen LogP contribution is -2.12. The van der Waals surface area contributed by atoms with Crippen molar-refractivity contribution >= 4 is 5.97 Å². The Morgan fingerprint density at radius 1 is 1.14 bits per heavy atom. The minimum atomic E-state index is -0.975. The first-order valence-electron chi connectivity index (χ1n) is 7.23. The van der Waals surface area contributed by atoms with Gasteiger partial charge in [-0.1, -0.05) is 13.3 Å². The largest absolute Gasteiger partial charge is 0.478 e. The maximum absolute atomic E-state index is 10.7. The van der Waals surface area contributed by atoms with Gasteiger partial charge >= 0.3 is 5.97 Å². The number of rotatable bonds is 13. The Balaban J connectivity index is 1.89. The lowest BCUT2D eigenvalue weighted by Gasteiger charge is -2.06. The molecule has 1 aromatic rings. The van der Waals surface area contributed by atoms with Gasteiger partial charge in [0.25, 0.3) is 0 Å². The van der Waals surface area contributed by atoms with Crippen LogP contribution in [0.1, 0.15) is 30.1 Å². The fraction of sp³-hybridized carbons (Fsp3) is 0.714. The predicted molar refractivity (Wildman–Crippen MR) is 76.6 cm³/mol. The maximum atomic E-state index is 10.7. The van der Waals surface area contributed by atoms with Crippen LogP contribution in [0.5, 0.6) is 0 Å². The Hall–Kier alpha value is -1.44. The summed E-state index contributed by atoms with van der Waals surface area (Å²) in [6, 6.07) is 0. The van der Waals surface area contributed by atoms with E-state index in [-0.39, 0.29) is 5.56 Å². The van der Waals surface area contributed by atoms with Crippen LogP contribution < -0.4 is 0 Å². The van der Waals surface area contributed by atoms with Gasteiger partial charge in [-0.2, -0.15) is 5.10 Å². The number of ether oxygens (including phenoxy) is 3. The van der Waals surface area contributed by atoms with E-state index in [1.54, 1.807) is 4.68 Å². The van der Waals surface area contributed by atoms with Crippen LogP contribution in [-0.4, -0.2) is 60.5 Å². The zero-order valence-electron chi connectivity index (χ0n) is 12.5. The molecule has 0 aliphatic heterocycles. The summed E-state index contributed by atoms with van der Waals surface area (Å²) in [6.45, 7) is 6.13. The molecule has 0 amide bonds.